The van der Waals surface area contributed by atoms with Crippen molar-refractivity contribution in [1.82, 2.24) is 15.5 Å². The van der Waals surface area contributed by atoms with Crippen LogP contribution in [0.1, 0.15) is 20.9 Å². The Hall–Kier alpha value is -2.74. The van der Waals surface area contributed by atoms with Crippen molar-refractivity contribution in [3.63, 3.8) is 0 Å². The van der Waals surface area contributed by atoms with E-state index in [1.165, 1.54) is 17.4 Å². The number of benzene rings is 2. The van der Waals surface area contributed by atoms with Crippen molar-refractivity contribution < 1.29 is 9.59 Å². The van der Waals surface area contributed by atoms with E-state index in [0.717, 1.165) is 5.56 Å². The first kappa shape index (κ1) is 21.0. The van der Waals surface area contributed by atoms with Crippen molar-refractivity contribution in [3.05, 3.63) is 80.8 Å². The van der Waals surface area contributed by atoms with E-state index in [0.29, 0.717) is 38.7 Å². The third-order valence-electron chi connectivity index (χ3n) is 3.74. The second kappa shape index (κ2) is 10.2. The van der Waals surface area contributed by atoms with Crippen molar-refractivity contribution in [1.29, 1.82) is 0 Å². The molecule has 2 N–H and O–H groups in total. The molecule has 148 valence electrons. The van der Waals surface area contributed by atoms with Crippen molar-refractivity contribution in [2.75, 3.05) is 11.9 Å². The molecule has 0 spiro atoms. The smallest absolute Gasteiger partial charge is 0.252 e. The summed E-state index contributed by atoms with van der Waals surface area (Å²) < 4.78 is 0. The first-order valence-corrected chi connectivity index (χ1v) is 10.2. The predicted molar refractivity (Wildman–Crippen MR) is 117 cm³/mol. The lowest BCUT2D eigenvalue weighted by Gasteiger charge is -2.05. The first-order valence-electron chi connectivity index (χ1n) is 8.61. The second-order valence-corrected chi connectivity index (χ2v) is 7.77. The van der Waals surface area contributed by atoms with E-state index in [-0.39, 0.29) is 11.8 Å². The normalized spacial score (nSPS) is 10.8. The van der Waals surface area contributed by atoms with Gasteiger partial charge in [-0.1, -0.05) is 58.8 Å². The van der Waals surface area contributed by atoms with Gasteiger partial charge in [0.1, 0.15) is 5.01 Å². The fourth-order valence-corrected chi connectivity index (χ4v) is 3.41. The third kappa shape index (κ3) is 6.39. The van der Waals surface area contributed by atoms with E-state index in [1.807, 2.05) is 12.1 Å². The lowest BCUT2D eigenvalue weighted by Crippen LogP contribution is -2.25. The molecule has 6 nitrogen and oxygen atoms in total. The largest absolute Gasteiger partial charge is 0.352 e. The van der Waals surface area contributed by atoms with Crippen LogP contribution in [0.2, 0.25) is 10.0 Å². The number of nitrogens with one attached hydrogen (secondary N) is 2. The van der Waals surface area contributed by atoms with Gasteiger partial charge in [0, 0.05) is 24.1 Å². The molecule has 2 aromatic carbocycles. The summed E-state index contributed by atoms with van der Waals surface area (Å²) in [7, 11) is 0. The summed E-state index contributed by atoms with van der Waals surface area (Å²) in [6.45, 7) is 0.378. The van der Waals surface area contributed by atoms with Crippen molar-refractivity contribution >= 4 is 57.6 Å². The van der Waals surface area contributed by atoms with Crippen LogP contribution < -0.4 is 10.6 Å². The highest BCUT2D eigenvalue weighted by Gasteiger charge is 2.10. The van der Waals surface area contributed by atoms with Crippen LogP contribution in [0, 0.1) is 0 Å². The summed E-state index contributed by atoms with van der Waals surface area (Å²) in [5.74, 6) is -0.560. The Labute approximate surface area is 181 Å². The molecule has 29 heavy (non-hydrogen) atoms. The molecule has 0 fully saturated rings. The van der Waals surface area contributed by atoms with E-state index < -0.39 is 0 Å². The van der Waals surface area contributed by atoms with Gasteiger partial charge < -0.3 is 5.32 Å². The van der Waals surface area contributed by atoms with Gasteiger partial charge in [-0.2, -0.15) is 0 Å². The summed E-state index contributed by atoms with van der Waals surface area (Å²) in [4.78, 5) is 24.1. The van der Waals surface area contributed by atoms with Gasteiger partial charge in [0.2, 0.25) is 11.0 Å². The zero-order valence-corrected chi connectivity index (χ0v) is 17.4. The van der Waals surface area contributed by atoms with E-state index in [1.54, 1.807) is 42.5 Å². The van der Waals surface area contributed by atoms with Crippen LogP contribution in [-0.2, 0) is 11.2 Å². The molecule has 9 heteroatoms. The van der Waals surface area contributed by atoms with Gasteiger partial charge in [-0.25, -0.2) is 0 Å². The Bertz CT molecular complexity index is 1030. The molecule has 0 aliphatic rings. The number of anilines is 1. The van der Waals surface area contributed by atoms with Crippen LogP contribution >= 0.6 is 34.5 Å². The maximum atomic E-state index is 12.1. The van der Waals surface area contributed by atoms with Crippen LogP contribution in [0.4, 0.5) is 5.13 Å². The van der Waals surface area contributed by atoms with Gasteiger partial charge in [-0.15, -0.1) is 10.2 Å². The molecule has 0 saturated carbocycles. The van der Waals surface area contributed by atoms with E-state index >= 15 is 0 Å². The molecular weight excluding hydrogens is 431 g/mol. The number of nitrogens with zero attached hydrogens (tertiary/aromatic N) is 2. The minimum absolute atomic E-state index is 0.249. The SMILES string of the molecule is O=C(/C=C/c1ccc(Cl)cc1)Nc1nnc(CCNC(=O)c2ccccc2Cl)s1. The maximum Gasteiger partial charge on any atom is 0.252 e. The van der Waals surface area contributed by atoms with Gasteiger partial charge in [0.05, 0.1) is 10.6 Å². The molecule has 1 heterocycles. The molecule has 0 unspecified atom stereocenters. The van der Waals surface area contributed by atoms with E-state index in [9.17, 15) is 9.59 Å². The van der Waals surface area contributed by atoms with Crippen LogP contribution in [-0.4, -0.2) is 28.6 Å². The van der Waals surface area contributed by atoms with Gasteiger partial charge in [-0.05, 0) is 35.9 Å². The van der Waals surface area contributed by atoms with Gasteiger partial charge in [0.25, 0.3) is 5.91 Å². The molecular formula is C20H16Cl2N4O2S. The zero-order chi connectivity index (χ0) is 20.6. The Morgan fingerprint density at radius 1 is 1.03 bits per heavy atom. The minimum Gasteiger partial charge on any atom is -0.352 e. The number of halogens is 2. The fraction of sp³-hybridized carbons (Fsp3) is 0.100. The molecule has 0 aliphatic heterocycles. The molecule has 0 aliphatic carbocycles. The maximum absolute atomic E-state index is 12.1. The Kier molecular flexibility index (Phi) is 7.35. The number of hydrogen-bond donors (Lipinski definition) is 2. The summed E-state index contributed by atoms with van der Waals surface area (Å²) in [5, 5.41) is 15.5. The lowest BCUT2D eigenvalue weighted by atomic mass is 10.2. The number of amides is 2. The second-order valence-electron chi connectivity index (χ2n) is 5.86. The average Bonchev–Trinajstić information content (AvgIpc) is 3.15. The van der Waals surface area contributed by atoms with Gasteiger partial charge in [0.15, 0.2) is 0 Å². The number of aromatic nitrogens is 2. The van der Waals surface area contributed by atoms with Crippen molar-refractivity contribution in [3.8, 4) is 0 Å². The highest BCUT2D eigenvalue weighted by atomic mass is 35.5. The summed E-state index contributed by atoms with van der Waals surface area (Å²) >= 11 is 13.1. The Balaban J connectivity index is 1.46. The number of carbonyl (C=O) groups excluding carboxylic acids is 2. The molecule has 3 aromatic rings. The van der Waals surface area contributed by atoms with Gasteiger partial charge >= 0.3 is 0 Å². The van der Waals surface area contributed by atoms with Crippen LogP contribution in [0.5, 0.6) is 0 Å². The van der Waals surface area contributed by atoms with E-state index in [4.69, 9.17) is 23.2 Å². The highest BCUT2D eigenvalue weighted by Crippen LogP contribution is 2.17. The topological polar surface area (TPSA) is 84.0 Å². The quantitative estimate of drug-likeness (QED) is 0.524. The fourth-order valence-electron chi connectivity index (χ4n) is 2.32. The monoisotopic (exact) mass is 446 g/mol. The molecule has 0 saturated heterocycles. The Morgan fingerprint density at radius 3 is 2.55 bits per heavy atom. The van der Waals surface area contributed by atoms with Crippen molar-refractivity contribution in [2.45, 2.75) is 6.42 Å². The Morgan fingerprint density at radius 2 is 1.79 bits per heavy atom. The number of carbonyl (C=O) groups is 2. The van der Waals surface area contributed by atoms with Crippen LogP contribution in [0.3, 0.4) is 0 Å². The van der Waals surface area contributed by atoms with E-state index in [2.05, 4.69) is 20.8 Å². The number of hydrogen-bond acceptors (Lipinski definition) is 5. The molecule has 0 atom stereocenters. The molecule has 2 amide bonds. The zero-order valence-electron chi connectivity index (χ0n) is 15.1. The lowest BCUT2D eigenvalue weighted by molar-refractivity contribution is -0.111. The van der Waals surface area contributed by atoms with Crippen LogP contribution in [0.15, 0.2) is 54.6 Å². The molecule has 0 bridgehead atoms. The predicted octanol–water partition coefficient (Wildman–Crippen LogP) is 4.47. The minimum atomic E-state index is -0.310. The molecule has 1 aromatic heterocycles. The van der Waals surface area contributed by atoms with Crippen molar-refractivity contribution in [2.24, 2.45) is 0 Å². The summed E-state index contributed by atoms with van der Waals surface area (Å²) in [6, 6.07) is 14.0. The average molecular weight is 447 g/mol. The third-order valence-corrected chi connectivity index (χ3v) is 5.22. The van der Waals surface area contributed by atoms with Gasteiger partial charge in [-0.3, -0.25) is 14.9 Å². The summed E-state index contributed by atoms with van der Waals surface area (Å²) in [6.07, 6.45) is 3.58. The standard InChI is InChI=1S/C20H16Cl2N4O2S/c21-14-8-5-13(6-9-14)7-10-17(27)24-20-26-25-18(29-20)11-12-23-19(28)15-3-1-2-4-16(15)22/h1-10H,11-12H2,(H,23,28)(H,24,26,27)/b10-7+. The molecule has 0 radical (unpaired) electrons. The highest BCUT2D eigenvalue weighted by molar-refractivity contribution is 7.15. The number of rotatable bonds is 7. The first-order chi connectivity index (χ1) is 14.0. The summed E-state index contributed by atoms with van der Waals surface area (Å²) in [5.41, 5.74) is 1.28. The molecule has 3 rings (SSSR count). The van der Waals surface area contributed by atoms with Crippen LogP contribution in [0.25, 0.3) is 6.08 Å².